The molecule has 17 heavy (non-hydrogen) atoms. The van der Waals surface area contributed by atoms with Gasteiger partial charge < -0.3 is 10.2 Å². The van der Waals surface area contributed by atoms with Crippen molar-refractivity contribution in [1.82, 2.24) is 15.1 Å². The van der Waals surface area contributed by atoms with Crippen LogP contribution in [0.4, 0.5) is 18.0 Å². The van der Waals surface area contributed by atoms with E-state index < -0.39 is 24.7 Å². The number of rotatable bonds is 2. The molecule has 0 aromatic rings. The van der Waals surface area contributed by atoms with Gasteiger partial charge in [-0.15, -0.1) is 0 Å². The maximum atomic E-state index is 12.1. The van der Waals surface area contributed by atoms with Crippen molar-refractivity contribution < 1.29 is 22.8 Å². The van der Waals surface area contributed by atoms with E-state index in [0.29, 0.717) is 4.90 Å². The molecule has 1 heterocycles. The minimum absolute atomic E-state index is 0.120. The van der Waals surface area contributed by atoms with E-state index in [2.05, 4.69) is 5.32 Å². The smallest absolute Gasteiger partial charge is 0.335 e. The summed E-state index contributed by atoms with van der Waals surface area (Å²) in [5.74, 6) is -0.673. The van der Waals surface area contributed by atoms with Crippen molar-refractivity contribution >= 4 is 11.9 Å². The number of alkyl halides is 3. The quantitative estimate of drug-likeness (QED) is 0.778. The van der Waals surface area contributed by atoms with Crippen molar-refractivity contribution in [3.63, 3.8) is 0 Å². The van der Waals surface area contributed by atoms with Crippen LogP contribution in [0.15, 0.2) is 0 Å². The van der Waals surface area contributed by atoms with Crippen molar-refractivity contribution in [2.75, 3.05) is 19.8 Å². The Morgan fingerprint density at radius 3 is 2.59 bits per heavy atom. The van der Waals surface area contributed by atoms with E-state index in [0.717, 1.165) is 17.7 Å². The molecule has 0 aromatic carbocycles. The molecule has 0 unspecified atom stereocenters. The Hall–Kier alpha value is -1.47. The van der Waals surface area contributed by atoms with E-state index in [1.165, 1.54) is 0 Å². The van der Waals surface area contributed by atoms with Crippen molar-refractivity contribution in [1.29, 1.82) is 0 Å². The Labute approximate surface area is 95.5 Å². The van der Waals surface area contributed by atoms with Gasteiger partial charge in [0.15, 0.2) is 0 Å². The molecule has 0 atom stereocenters. The predicted molar refractivity (Wildman–Crippen MR) is 50.9 cm³/mol. The lowest BCUT2D eigenvalue weighted by Crippen LogP contribution is -2.41. The number of nitrogens with one attached hydrogen (secondary N) is 1. The van der Waals surface area contributed by atoms with Gasteiger partial charge in [0, 0.05) is 6.04 Å². The molecule has 8 heteroatoms. The number of nitrogens with zero attached hydrogens (tertiary/aromatic N) is 2. The number of halogens is 3. The predicted octanol–water partition coefficient (Wildman–Crippen LogP) is 0.522. The van der Waals surface area contributed by atoms with Gasteiger partial charge >= 0.3 is 12.2 Å². The van der Waals surface area contributed by atoms with Crippen LogP contribution in [0.3, 0.4) is 0 Å². The second-order valence-electron chi connectivity index (χ2n) is 4.27. The van der Waals surface area contributed by atoms with Crippen molar-refractivity contribution in [2.45, 2.75) is 25.1 Å². The lowest BCUT2D eigenvalue weighted by molar-refractivity contribution is -0.157. The van der Waals surface area contributed by atoms with Gasteiger partial charge in [-0.3, -0.25) is 9.69 Å². The summed E-state index contributed by atoms with van der Waals surface area (Å²) in [4.78, 5) is 24.5. The number of urea groups is 1. The summed E-state index contributed by atoms with van der Waals surface area (Å²) in [5, 5.41) is 2.63. The van der Waals surface area contributed by atoms with E-state index >= 15 is 0 Å². The second kappa shape index (κ2) is 4.08. The highest BCUT2D eigenvalue weighted by Gasteiger charge is 2.39. The molecule has 2 fully saturated rings. The Morgan fingerprint density at radius 1 is 1.41 bits per heavy atom. The first kappa shape index (κ1) is 12.0. The average Bonchev–Trinajstić information content (AvgIpc) is 2.90. The monoisotopic (exact) mass is 251 g/mol. The molecule has 96 valence electrons. The lowest BCUT2D eigenvalue weighted by Gasteiger charge is -2.19. The van der Waals surface area contributed by atoms with Crippen molar-refractivity contribution in [3.8, 4) is 0 Å². The van der Waals surface area contributed by atoms with Gasteiger partial charge in [0.1, 0.15) is 13.1 Å². The number of carbonyl (C=O) groups excluding carboxylic acids is 2. The maximum absolute atomic E-state index is 12.1. The minimum Gasteiger partial charge on any atom is -0.335 e. The van der Waals surface area contributed by atoms with Gasteiger partial charge in [0.2, 0.25) is 5.91 Å². The number of hydrogen-bond donors (Lipinski definition) is 1. The SMILES string of the molecule is O=C1CN(C(=O)NC2CC2)CN1CC(F)(F)F. The fourth-order valence-electron chi connectivity index (χ4n) is 1.58. The summed E-state index contributed by atoms with van der Waals surface area (Å²) in [7, 11) is 0. The Kier molecular flexibility index (Phi) is 2.88. The standard InChI is InChI=1S/C9H12F3N3O2/c10-9(11,12)4-15-5-14(3-7(15)16)8(17)13-6-1-2-6/h6H,1-5H2,(H,13,17). The van der Waals surface area contributed by atoms with Gasteiger partial charge in [0.05, 0.1) is 6.67 Å². The van der Waals surface area contributed by atoms with Gasteiger partial charge in [-0.25, -0.2) is 4.79 Å². The zero-order chi connectivity index (χ0) is 12.6. The van der Waals surface area contributed by atoms with Gasteiger partial charge in [0.25, 0.3) is 0 Å². The second-order valence-corrected chi connectivity index (χ2v) is 4.27. The fraction of sp³-hybridized carbons (Fsp3) is 0.778. The van der Waals surface area contributed by atoms with Crippen LogP contribution < -0.4 is 5.32 Å². The molecule has 1 aliphatic heterocycles. The third-order valence-corrected chi connectivity index (χ3v) is 2.58. The topological polar surface area (TPSA) is 52.7 Å². The average molecular weight is 251 g/mol. The van der Waals surface area contributed by atoms with Crippen molar-refractivity contribution in [3.05, 3.63) is 0 Å². The molecule has 0 radical (unpaired) electrons. The van der Waals surface area contributed by atoms with E-state index in [9.17, 15) is 22.8 Å². The number of carbonyl (C=O) groups is 2. The lowest BCUT2D eigenvalue weighted by atomic mass is 10.5. The Morgan fingerprint density at radius 2 is 2.06 bits per heavy atom. The van der Waals surface area contributed by atoms with E-state index in [-0.39, 0.29) is 19.3 Å². The van der Waals surface area contributed by atoms with Gasteiger partial charge in [-0.05, 0) is 12.8 Å². The van der Waals surface area contributed by atoms with Crippen LogP contribution in [-0.2, 0) is 4.79 Å². The molecule has 1 saturated heterocycles. The molecule has 1 aliphatic carbocycles. The summed E-state index contributed by atoms with van der Waals surface area (Å²) in [5.41, 5.74) is 0. The molecular formula is C9H12F3N3O2. The third-order valence-electron chi connectivity index (χ3n) is 2.58. The largest absolute Gasteiger partial charge is 0.406 e. The van der Waals surface area contributed by atoms with E-state index in [1.807, 2.05) is 0 Å². The number of hydrogen-bond acceptors (Lipinski definition) is 2. The molecule has 0 bridgehead atoms. The maximum Gasteiger partial charge on any atom is 0.406 e. The summed E-state index contributed by atoms with van der Waals surface area (Å²) < 4.78 is 36.3. The first-order chi connectivity index (χ1) is 7.85. The van der Waals surface area contributed by atoms with Crippen LogP contribution in [-0.4, -0.2) is 53.7 Å². The summed E-state index contributed by atoms with van der Waals surface area (Å²) in [6, 6.07) is -0.347. The third kappa shape index (κ3) is 3.24. The van der Waals surface area contributed by atoms with Crippen molar-refractivity contribution in [2.24, 2.45) is 0 Å². The Balaban J connectivity index is 1.87. The highest BCUT2D eigenvalue weighted by atomic mass is 19.4. The van der Waals surface area contributed by atoms with Gasteiger partial charge in [-0.2, -0.15) is 13.2 Å². The van der Waals surface area contributed by atoms with Gasteiger partial charge in [-0.1, -0.05) is 0 Å². The molecule has 5 nitrogen and oxygen atoms in total. The summed E-state index contributed by atoms with van der Waals surface area (Å²) in [6.45, 7) is -1.88. The Bertz CT molecular complexity index is 341. The molecule has 1 N–H and O–H groups in total. The zero-order valence-electron chi connectivity index (χ0n) is 8.96. The van der Waals surface area contributed by atoms with Crippen LogP contribution >= 0.6 is 0 Å². The summed E-state index contributed by atoms with van der Waals surface area (Å²) in [6.07, 6.45) is -2.65. The van der Waals surface area contributed by atoms with E-state index in [1.54, 1.807) is 0 Å². The molecule has 2 rings (SSSR count). The molecule has 2 aliphatic rings. The molecule has 0 spiro atoms. The molecule has 1 saturated carbocycles. The van der Waals surface area contributed by atoms with E-state index in [4.69, 9.17) is 0 Å². The fourth-order valence-corrected chi connectivity index (χ4v) is 1.58. The highest BCUT2D eigenvalue weighted by molar-refractivity contribution is 5.87. The molecule has 3 amide bonds. The molecule has 0 aromatic heterocycles. The summed E-state index contributed by atoms with van der Waals surface area (Å²) >= 11 is 0. The number of amides is 3. The van der Waals surface area contributed by atoms with Crippen LogP contribution in [0, 0.1) is 0 Å². The normalized spacial score (nSPS) is 21.0. The zero-order valence-corrected chi connectivity index (χ0v) is 8.96. The first-order valence-corrected chi connectivity index (χ1v) is 5.25. The first-order valence-electron chi connectivity index (χ1n) is 5.25. The highest BCUT2D eigenvalue weighted by Crippen LogP contribution is 2.21. The molecular weight excluding hydrogens is 239 g/mol. The van der Waals surface area contributed by atoms with Crippen LogP contribution in [0.5, 0.6) is 0 Å². The van der Waals surface area contributed by atoms with Crippen LogP contribution in [0.1, 0.15) is 12.8 Å². The minimum atomic E-state index is -4.43. The van der Waals surface area contributed by atoms with Crippen LogP contribution in [0.2, 0.25) is 0 Å². The van der Waals surface area contributed by atoms with Crippen LogP contribution in [0.25, 0.3) is 0 Å².